The zero-order valence-electron chi connectivity index (χ0n) is 12.7. The van der Waals surface area contributed by atoms with E-state index in [-0.39, 0.29) is 18.7 Å². The third kappa shape index (κ3) is 3.67. The lowest BCUT2D eigenvalue weighted by molar-refractivity contribution is -0.139. The second-order valence-electron chi connectivity index (χ2n) is 5.60. The molecule has 3 N–H and O–H groups in total. The molecule has 1 aromatic carbocycles. The van der Waals surface area contributed by atoms with E-state index in [1.165, 1.54) is 11.3 Å². The molecule has 0 saturated carbocycles. The van der Waals surface area contributed by atoms with Gasteiger partial charge < -0.3 is 20.1 Å². The monoisotopic (exact) mass is 345 g/mol. The molecule has 1 aromatic heterocycles. The second kappa shape index (κ2) is 7.17. The molecule has 0 aliphatic carbocycles. The third-order valence-electron chi connectivity index (χ3n) is 3.89. The van der Waals surface area contributed by atoms with Crippen molar-refractivity contribution >= 4 is 30.3 Å². The number of carboxylic acid groups (broad SMARTS) is 1. The largest absolute Gasteiger partial charge is 0.483 e. The van der Waals surface area contributed by atoms with Crippen LogP contribution in [0.3, 0.4) is 0 Å². The Hall–Kier alpha value is -2.16. The van der Waals surface area contributed by atoms with Crippen LogP contribution in [0.2, 0.25) is 0 Å². The second-order valence-corrected chi connectivity index (χ2v) is 6.38. The highest BCUT2D eigenvalue weighted by Crippen LogP contribution is 2.35. The molecule has 0 radical (unpaired) electrons. The summed E-state index contributed by atoms with van der Waals surface area (Å²) in [5.74, 6) is -1.97. The number of hydrogen-bond donors (Lipinski definition) is 3. The fourth-order valence-electron chi connectivity index (χ4n) is 2.83. The molecule has 2 heterocycles. The number of fused-ring (bicyclic) bond motifs is 1. The Morgan fingerprint density at radius 1 is 1.25 bits per heavy atom. The fourth-order valence-corrected chi connectivity index (χ4v) is 3.50. The van der Waals surface area contributed by atoms with Gasteiger partial charge in [0.15, 0.2) is 0 Å². The lowest BCUT2D eigenvalue weighted by Gasteiger charge is -2.33. The maximum Gasteiger partial charge on any atom is 0.483 e. The number of aliphatic carboxylic acids is 1. The van der Waals surface area contributed by atoms with Crippen LogP contribution >= 0.6 is 11.3 Å². The quantitative estimate of drug-likeness (QED) is 0.717. The number of benzene rings is 1. The molecule has 0 bridgehead atoms. The molecule has 1 aliphatic heterocycles. The summed E-state index contributed by atoms with van der Waals surface area (Å²) in [6.07, 6.45) is -0.768. The molecule has 0 saturated heterocycles. The van der Waals surface area contributed by atoms with Crippen molar-refractivity contribution < 1.29 is 24.4 Å². The van der Waals surface area contributed by atoms with Gasteiger partial charge in [0.25, 0.3) is 0 Å². The lowest BCUT2D eigenvalue weighted by Crippen LogP contribution is -2.45. The molecule has 1 amide bonds. The topological polar surface area (TPSA) is 95.9 Å². The van der Waals surface area contributed by atoms with Gasteiger partial charge in [0.05, 0.1) is 24.9 Å². The summed E-state index contributed by atoms with van der Waals surface area (Å²) in [5.41, 5.74) is 2.26. The highest BCUT2D eigenvalue weighted by molar-refractivity contribution is 7.08. The molecule has 6 nitrogen and oxygen atoms in total. The van der Waals surface area contributed by atoms with E-state index >= 15 is 0 Å². The Morgan fingerprint density at radius 2 is 2.00 bits per heavy atom. The predicted octanol–water partition coefficient (Wildman–Crippen LogP) is 1.71. The van der Waals surface area contributed by atoms with Crippen LogP contribution in [-0.4, -0.2) is 29.1 Å². The number of carboxylic acids is 1. The van der Waals surface area contributed by atoms with Crippen LogP contribution in [0.5, 0.6) is 0 Å². The standard InChI is InChI=1S/C16H16BNO5S/c19-14(7-10-5-6-24-9-10)18-16-12-4-2-1-3-11(12)13(8-15(20)21)23-17(16)22/h1-6,9,13,16,22H,7-8H2,(H,18,19)(H,20,21)/t13-,16+/m1/s1. The minimum atomic E-state index is -1.30. The van der Waals surface area contributed by atoms with E-state index < -0.39 is 25.1 Å². The van der Waals surface area contributed by atoms with Gasteiger partial charge in [-0.1, -0.05) is 24.3 Å². The van der Waals surface area contributed by atoms with Crippen molar-refractivity contribution in [2.45, 2.75) is 24.9 Å². The Morgan fingerprint density at radius 3 is 2.67 bits per heavy atom. The summed E-state index contributed by atoms with van der Waals surface area (Å²) in [4.78, 5) is 23.2. The van der Waals surface area contributed by atoms with Gasteiger partial charge in [0.2, 0.25) is 5.91 Å². The van der Waals surface area contributed by atoms with Crippen molar-refractivity contribution in [2.75, 3.05) is 0 Å². The van der Waals surface area contributed by atoms with Crippen LogP contribution in [0.4, 0.5) is 0 Å². The number of hydrogen-bond acceptors (Lipinski definition) is 5. The molecule has 1 aliphatic rings. The van der Waals surface area contributed by atoms with Crippen LogP contribution in [-0.2, 0) is 20.7 Å². The predicted molar refractivity (Wildman–Crippen MR) is 89.4 cm³/mol. The number of nitrogens with one attached hydrogen (secondary N) is 1. The van der Waals surface area contributed by atoms with Crippen LogP contribution in [0.25, 0.3) is 0 Å². The van der Waals surface area contributed by atoms with Crippen molar-refractivity contribution in [3.8, 4) is 0 Å². The average Bonchev–Trinajstić information content (AvgIpc) is 3.03. The molecule has 0 fully saturated rings. The molecule has 2 aromatic rings. The van der Waals surface area contributed by atoms with Gasteiger partial charge in [0, 0.05) is 0 Å². The number of carbonyl (C=O) groups is 2. The van der Waals surface area contributed by atoms with Crippen LogP contribution in [0, 0.1) is 0 Å². The molecule has 0 unspecified atom stereocenters. The molecular formula is C16H16BNO5S. The Labute approximate surface area is 143 Å². The van der Waals surface area contributed by atoms with Crippen molar-refractivity contribution in [2.24, 2.45) is 0 Å². The molecule has 3 rings (SSSR count). The van der Waals surface area contributed by atoms with Gasteiger partial charge in [-0.2, -0.15) is 11.3 Å². The zero-order valence-corrected chi connectivity index (χ0v) is 13.5. The Kier molecular flexibility index (Phi) is 4.98. The highest BCUT2D eigenvalue weighted by atomic mass is 32.1. The molecule has 0 spiro atoms. The lowest BCUT2D eigenvalue weighted by atomic mass is 9.69. The first-order valence-electron chi connectivity index (χ1n) is 7.49. The van der Waals surface area contributed by atoms with E-state index in [9.17, 15) is 14.6 Å². The number of rotatable bonds is 5. The van der Waals surface area contributed by atoms with Gasteiger partial charge in [-0.05, 0) is 33.5 Å². The van der Waals surface area contributed by atoms with Crippen LogP contribution in [0.1, 0.15) is 35.2 Å². The maximum absolute atomic E-state index is 12.2. The van der Waals surface area contributed by atoms with Crippen LogP contribution in [0.15, 0.2) is 41.1 Å². The van der Waals surface area contributed by atoms with E-state index in [1.54, 1.807) is 24.3 Å². The normalized spacial score (nSPS) is 19.6. The molecule has 2 atom stereocenters. The first-order valence-corrected chi connectivity index (χ1v) is 8.43. The van der Waals surface area contributed by atoms with Crippen molar-refractivity contribution in [3.05, 3.63) is 57.8 Å². The van der Waals surface area contributed by atoms with E-state index in [1.807, 2.05) is 16.8 Å². The third-order valence-corrected chi connectivity index (χ3v) is 4.62. The van der Waals surface area contributed by atoms with E-state index in [0.717, 1.165) is 5.56 Å². The smallest absolute Gasteiger partial charge is 0.481 e. The summed E-state index contributed by atoms with van der Waals surface area (Å²) in [7, 11) is -1.30. The first kappa shape index (κ1) is 16.7. The van der Waals surface area contributed by atoms with E-state index in [4.69, 9.17) is 9.76 Å². The Balaban J connectivity index is 1.79. The highest BCUT2D eigenvalue weighted by Gasteiger charge is 2.40. The first-order chi connectivity index (χ1) is 11.5. The van der Waals surface area contributed by atoms with Crippen LogP contribution < -0.4 is 5.32 Å². The average molecular weight is 345 g/mol. The maximum atomic E-state index is 12.2. The molecule has 124 valence electrons. The summed E-state index contributed by atoms with van der Waals surface area (Å²) in [5, 5.41) is 25.8. The molecule has 8 heteroatoms. The summed E-state index contributed by atoms with van der Waals surface area (Å²) in [6.45, 7) is 0. The van der Waals surface area contributed by atoms with Crippen molar-refractivity contribution in [3.63, 3.8) is 0 Å². The van der Waals surface area contributed by atoms with Crippen molar-refractivity contribution in [1.82, 2.24) is 5.32 Å². The van der Waals surface area contributed by atoms with E-state index in [2.05, 4.69) is 5.32 Å². The minimum absolute atomic E-state index is 0.216. The van der Waals surface area contributed by atoms with Gasteiger partial charge >= 0.3 is 13.1 Å². The number of carbonyl (C=O) groups excluding carboxylic acids is 1. The van der Waals surface area contributed by atoms with Gasteiger partial charge in [-0.25, -0.2) is 0 Å². The van der Waals surface area contributed by atoms with Gasteiger partial charge in [-0.3, -0.25) is 9.59 Å². The molecular weight excluding hydrogens is 329 g/mol. The SMILES string of the molecule is O=C(O)C[C@H]1OB(O)[C@@H](NC(=O)Cc2ccsc2)c2ccccc21. The summed E-state index contributed by atoms with van der Waals surface area (Å²) >= 11 is 1.51. The number of amides is 1. The number of thiophene rings is 1. The molecule has 24 heavy (non-hydrogen) atoms. The zero-order chi connectivity index (χ0) is 17.1. The van der Waals surface area contributed by atoms with Gasteiger partial charge in [0.1, 0.15) is 0 Å². The van der Waals surface area contributed by atoms with Gasteiger partial charge in [-0.15, -0.1) is 0 Å². The van der Waals surface area contributed by atoms with Crippen molar-refractivity contribution in [1.29, 1.82) is 0 Å². The fraction of sp³-hybridized carbons (Fsp3) is 0.250. The summed E-state index contributed by atoms with van der Waals surface area (Å²) in [6, 6.07) is 8.96. The van der Waals surface area contributed by atoms with E-state index in [0.29, 0.717) is 11.1 Å². The summed E-state index contributed by atoms with van der Waals surface area (Å²) < 4.78 is 5.43. The minimum Gasteiger partial charge on any atom is -0.481 e. The Bertz CT molecular complexity index is 736.